The van der Waals surface area contributed by atoms with Gasteiger partial charge in [-0.25, -0.2) is 0 Å². The normalized spacial score (nSPS) is 16.1. The van der Waals surface area contributed by atoms with Gasteiger partial charge in [-0.15, -0.1) is 11.8 Å². The Morgan fingerprint density at radius 3 is 2.59 bits per heavy atom. The van der Waals surface area contributed by atoms with Gasteiger partial charge in [0.2, 0.25) is 5.91 Å². The highest BCUT2D eigenvalue weighted by Crippen LogP contribution is 2.43. The number of nitrogens with zero attached hydrogens (tertiary/aromatic N) is 1. The highest BCUT2D eigenvalue weighted by molar-refractivity contribution is 8.00. The summed E-state index contributed by atoms with van der Waals surface area (Å²) in [5, 5.41) is 2.85. The molecule has 5 heteroatoms. The molecular weight excluding hydrogens is 380 g/mol. The second kappa shape index (κ2) is 8.53. The van der Waals surface area contributed by atoms with E-state index in [9.17, 15) is 9.59 Å². The molecule has 0 aliphatic carbocycles. The number of thioether (sulfide) groups is 1. The Hall–Kier alpha value is -3.05. The zero-order valence-electron chi connectivity index (χ0n) is 16.2. The van der Waals surface area contributed by atoms with Gasteiger partial charge in [-0.05, 0) is 47.9 Å². The van der Waals surface area contributed by atoms with E-state index in [0.717, 1.165) is 28.9 Å². The van der Waals surface area contributed by atoms with Crippen LogP contribution in [-0.4, -0.2) is 17.6 Å². The molecule has 0 radical (unpaired) electrons. The molecule has 0 saturated carbocycles. The van der Waals surface area contributed by atoms with Gasteiger partial charge in [-0.1, -0.05) is 55.5 Å². The third-order valence-electron chi connectivity index (χ3n) is 4.97. The maximum absolute atomic E-state index is 12.7. The van der Waals surface area contributed by atoms with Crippen LogP contribution in [0.4, 0.5) is 11.4 Å². The quantitative estimate of drug-likeness (QED) is 0.632. The second-order valence-corrected chi connectivity index (χ2v) is 7.92. The van der Waals surface area contributed by atoms with E-state index in [1.807, 2.05) is 65.6 Å². The number of carbonyl (C=O) groups excluding carboxylic acids is 2. The van der Waals surface area contributed by atoms with E-state index < -0.39 is 0 Å². The fraction of sp³-hybridized carbons (Fsp3) is 0.167. The van der Waals surface area contributed by atoms with Crippen LogP contribution in [0.15, 0.2) is 78.9 Å². The minimum atomic E-state index is -0.147. The number of rotatable bonds is 5. The standard InChI is InChI=1S/C24H22N2O2S/c1-2-17-9-6-7-14-21(17)26-22(27)16-29-24(26)19-12-8-13-20(15-19)25-23(28)18-10-4-3-5-11-18/h3-15,24H,2,16H2,1H3,(H,25,28). The number of aryl methyl sites for hydroxylation is 1. The molecule has 0 spiro atoms. The van der Waals surface area contributed by atoms with Crippen LogP contribution in [0.1, 0.15) is 33.8 Å². The molecule has 1 aliphatic rings. The summed E-state index contributed by atoms with van der Waals surface area (Å²) in [6, 6.07) is 25.0. The van der Waals surface area contributed by atoms with Gasteiger partial charge in [-0.3, -0.25) is 14.5 Å². The van der Waals surface area contributed by atoms with Crippen LogP contribution in [-0.2, 0) is 11.2 Å². The Balaban J connectivity index is 1.61. The highest BCUT2D eigenvalue weighted by Gasteiger charge is 2.35. The van der Waals surface area contributed by atoms with Gasteiger partial charge in [-0.2, -0.15) is 0 Å². The van der Waals surface area contributed by atoms with Crippen LogP contribution in [0.5, 0.6) is 0 Å². The summed E-state index contributed by atoms with van der Waals surface area (Å²) in [6.45, 7) is 2.10. The molecule has 3 aromatic carbocycles. The van der Waals surface area contributed by atoms with Crippen LogP contribution in [0, 0.1) is 0 Å². The minimum Gasteiger partial charge on any atom is -0.322 e. The van der Waals surface area contributed by atoms with Crippen LogP contribution >= 0.6 is 11.8 Å². The van der Waals surface area contributed by atoms with Crippen molar-refractivity contribution < 1.29 is 9.59 Å². The highest BCUT2D eigenvalue weighted by atomic mass is 32.2. The van der Waals surface area contributed by atoms with Crippen LogP contribution in [0.2, 0.25) is 0 Å². The SMILES string of the molecule is CCc1ccccc1N1C(=O)CSC1c1cccc(NC(=O)c2ccccc2)c1. The topological polar surface area (TPSA) is 49.4 Å². The van der Waals surface area contributed by atoms with Crippen molar-refractivity contribution in [2.45, 2.75) is 18.7 Å². The lowest BCUT2D eigenvalue weighted by Crippen LogP contribution is -2.28. The predicted octanol–water partition coefficient (Wildman–Crippen LogP) is 5.28. The lowest BCUT2D eigenvalue weighted by molar-refractivity contribution is -0.115. The molecule has 0 aromatic heterocycles. The number of para-hydroxylation sites is 1. The van der Waals surface area contributed by atoms with E-state index in [0.29, 0.717) is 11.3 Å². The molecule has 2 amide bonds. The zero-order valence-corrected chi connectivity index (χ0v) is 17.0. The molecule has 4 nitrogen and oxygen atoms in total. The van der Waals surface area contributed by atoms with Crippen molar-refractivity contribution in [3.63, 3.8) is 0 Å². The molecule has 3 aromatic rings. The second-order valence-electron chi connectivity index (χ2n) is 6.85. The van der Waals surface area contributed by atoms with Gasteiger partial charge in [0.15, 0.2) is 0 Å². The fourth-order valence-electron chi connectivity index (χ4n) is 3.54. The van der Waals surface area contributed by atoms with Gasteiger partial charge in [0, 0.05) is 16.9 Å². The average Bonchev–Trinajstić information content (AvgIpc) is 3.15. The van der Waals surface area contributed by atoms with Crippen LogP contribution in [0.3, 0.4) is 0 Å². The number of amides is 2. The molecule has 1 aliphatic heterocycles. The van der Waals surface area contributed by atoms with Gasteiger partial charge < -0.3 is 5.32 Å². The molecule has 146 valence electrons. The Bertz CT molecular complexity index is 1040. The van der Waals surface area contributed by atoms with Crippen molar-refractivity contribution in [3.8, 4) is 0 Å². The van der Waals surface area contributed by atoms with Crippen LogP contribution in [0.25, 0.3) is 0 Å². The predicted molar refractivity (Wildman–Crippen MR) is 119 cm³/mol. The first kappa shape index (κ1) is 19.3. The molecule has 1 saturated heterocycles. The number of carbonyl (C=O) groups is 2. The molecule has 1 atom stereocenters. The third-order valence-corrected chi connectivity index (χ3v) is 6.18. The van der Waals surface area contributed by atoms with E-state index in [4.69, 9.17) is 0 Å². The zero-order chi connectivity index (χ0) is 20.2. The summed E-state index contributed by atoms with van der Waals surface area (Å²) in [5.74, 6) is 0.411. The van der Waals surface area contributed by atoms with E-state index in [1.165, 1.54) is 0 Å². The first-order valence-electron chi connectivity index (χ1n) is 9.65. The summed E-state index contributed by atoms with van der Waals surface area (Å²) in [4.78, 5) is 27.1. The molecule has 0 bridgehead atoms. The summed E-state index contributed by atoms with van der Waals surface area (Å²) in [5.41, 5.74) is 4.45. The third kappa shape index (κ3) is 4.05. The summed E-state index contributed by atoms with van der Waals surface area (Å²) < 4.78 is 0. The molecule has 1 unspecified atom stereocenters. The van der Waals surface area contributed by atoms with Gasteiger partial charge in [0.05, 0.1) is 5.75 Å². The van der Waals surface area contributed by atoms with Gasteiger partial charge >= 0.3 is 0 Å². The number of nitrogens with one attached hydrogen (secondary N) is 1. The number of hydrogen-bond acceptors (Lipinski definition) is 3. The lowest BCUT2D eigenvalue weighted by Gasteiger charge is -2.26. The lowest BCUT2D eigenvalue weighted by atomic mass is 10.1. The van der Waals surface area contributed by atoms with Crippen molar-refractivity contribution in [3.05, 3.63) is 95.6 Å². The fourth-order valence-corrected chi connectivity index (χ4v) is 4.70. The van der Waals surface area contributed by atoms with Gasteiger partial charge in [0.1, 0.15) is 5.37 Å². The van der Waals surface area contributed by atoms with E-state index in [-0.39, 0.29) is 17.2 Å². The first-order chi connectivity index (χ1) is 14.2. The molecule has 4 rings (SSSR count). The van der Waals surface area contributed by atoms with E-state index in [1.54, 1.807) is 23.9 Å². The summed E-state index contributed by atoms with van der Waals surface area (Å²) in [7, 11) is 0. The molecule has 29 heavy (non-hydrogen) atoms. The first-order valence-corrected chi connectivity index (χ1v) is 10.7. The Morgan fingerprint density at radius 1 is 1.03 bits per heavy atom. The average molecular weight is 403 g/mol. The Labute approximate surface area is 174 Å². The van der Waals surface area contributed by atoms with E-state index >= 15 is 0 Å². The maximum Gasteiger partial charge on any atom is 0.255 e. The van der Waals surface area contributed by atoms with Crippen LogP contribution < -0.4 is 10.2 Å². The Kier molecular flexibility index (Phi) is 5.67. The molecule has 1 fully saturated rings. The van der Waals surface area contributed by atoms with Crippen molar-refractivity contribution >= 4 is 35.0 Å². The molecule has 1 N–H and O–H groups in total. The minimum absolute atomic E-state index is 0.108. The maximum atomic E-state index is 12.7. The Morgan fingerprint density at radius 2 is 1.79 bits per heavy atom. The number of anilines is 2. The monoisotopic (exact) mass is 402 g/mol. The van der Waals surface area contributed by atoms with Gasteiger partial charge in [0.25, 0.3) is 5.91 Å². The largest absolute Gasteiger partial charge is 0.322 e. The van der Waals surface area contributed by atoms with Crippen molar-refractivity contribution in [2.24, 2.45) is 0 Å². The number of benzene rings is 3. The summed E-state index contributed by atoms with van der Waals surface area (Å²) in [6.07, 6.45) is 0.866. The van der Waals surface area contributed by atoms with E-state index in [2.05, 4.69) is 18.3 Å². The number of hydrogen-bond donors (Lipinski definition) is 1. The smallest absolute Gasteiger partial charge is 0.255 e. The molecular formula is C24H22N2O2S. The molecule has 1 heterocycles. The van der Waals surface area contributed by atoms with Crippen molar-refractivity contribution in [1.82, 2.24) is 0 Å². The van der Waals surface area contributed by atoms with Crippen molar-refractivity contribution in [2.75, 3.05) is 16.0 Å². The summed E-state index contributed by atoms with van der Waals surface area (Å²) >= 11 is 1.61. The van der Waals surface area contributed by atoms with Crippen molar-refractivity contribution in [1.29, 1.82) is 0 Å².